The molecule has 2 heterocycles. The average Bonchev–Trinajstić information content (AvgIpc) is 2.99. The normalized spacial score (nSPS) is 11.0. The Hall–Kier alpha value is -2.94. The fourth-order valence-corrected chi connectivity index (χ4v) is 2.50. The van der Waals surface area contributed by atoms with Crippen molar-refractivity contribution in [3.05, 3.63) is 84.9 Å². The lowest BCUT2D eigenvalue weighted by Crippen LogP contribution is -1.84. The van der Waals surface area contributed by atoms with Gasteiger partial charge in [0, 0.05) is 18.0 Å². The summed E-state index contributed by atoms with van der Waals surface area (Å²) in [4.78, 5) is 4.58. The van der Waals surface area contributed by atoms with Crippen LogP contribution in [0.15, 0.2) is 73.1 Å². The quantitative estimate of drug-likeness (QED) is 0.526. The van der Waals surface area contributed by atoms with Crippen LogP contribution < -0.4 is 0 Å². The Morgan fingerprint density at radius 2 is 1.68 bits per heavy atom. The van der Waals surface area contributed by atoms with E-state index in [9.17, 15) is 4.39 Å². The molecular formula is C19H12FN2. The van der Waals surface area contributed by atoms with Gasteiger partial charge >= 0.3 is 0 Å². The molecule has 0 amide bonds. The summed E-state index contributed by atoms with van der Waals surface area (Å²) in [6, 6.07) is 21.3. The second-order valence-corrected chi connectivity index (χ2v) is 5.11. The first-order valence-corrected chi connectivity index (χ1v) is 7.01. The highest BCUT2D eigenvalue weighted by Gasteiger charge is 2.06. The van der Waals surface area contributed by atoms with Gasteiger partial charge in [-0.2, -0.15) is 0 Å². The molecule has 4 aromatic rings. The van der Waals surface area contributed by atoms with Gasteiger partial charge in [0.15, 0.2) is 0 Å². The molecule has 2 aromatic heterocycles. The molecule has 4 rings (SSSR count). The number of halogens is 1. The van der Waals surface area contributed by atoms with Crippen molar-refractivity contribution < 1.29 is 4.39 Å². The first-order chi connectivity index (χ1) is 10.8. The highest BCUT2D eigenvalue weighted by Crippen LogP contribution is 2.23. The van der Waals surface area contributed by atoms with E-state index in [1.54, 1.807) is 12.1 Å². The number of imidazole rings is 1. The molecule has 2 nitrogen and oxygen atoms in total. The van der Waals surface area contributed by atoms with E-state index in [-0.39, 0.29) is 5.82 Å². The summed E-state index contributed by atoms with van der Waals surface area (Å²) in [5.74, 6) is -0.241. The molecule has 22 heavy (non-hydrogen) atoms. The van der Waals surface area contributed by atoms with Gasteiger partial charge in [-0.25, -0.2) is 9.37 Å². The molecule has 0 N–H and O–H groups in total. The maximum atomic E-state index is 13.0. The molecule has 0 aliphatic heterocycles. The molecule has 0 bridgehead atoms. The standard InChI is InChI=1S/C19H12FN2/c20-17-9-6-15(7-10-17)18-13-22-12-16(8-11-19(22)21-18)14-4-2-1-3-5-14/h1-2,4-13H. The van der Waals surface area contributed by atoms with Gasteiger partial charge in [0.25, 0.3) is 0 Å². The number of benzene rings is 2. The molecule has 0 aliphatic rings. The Bertz CT molecular complexity index is 925. The van der Waals surface area contributed by atoms with Gasteiger partial charge in [-0.05, 0) is 59.7 Å². The molecule has 2 aromatic carbocycles. The number of hydrogen-bond acceptors (Lipinski definition) is 1. The lowest BCUT2D eigenvalue weighted by Gasteiger charge is -2.01. The molecule has 0 atom stereocenters. The third-order valence-electron chi connectivity index (χ3n) is 3.63. The summed E-state index contributed by atoms with van der Waals surface area (Å²) in [5, 5.41) is 0. The Morgan fingerprint density at radius 3 is 2.45 bits per heavy atom. The Kier molecular flexibility index (Phi) is 2.97. The highest BCUT2D eigenvalue weighted by atomic mass is 19.1. The number of rotatable bonds is 2. The van der Waals surface area contributed by atoms with Crippen molar-refractivity contribution in [3.8, 4) is 22.4 Å². The van der Waals surface area contributed by atoms with E-state index in [1.807, 2.05) is 47.1 Å². The van der Waals surface area contributed by atoms with Gasteiger partial charge in [-0.3, -0.25) is 0 Å². The SMILES string of the molecule is Fc1ccc(-c2cn3cc(-c4c[c]ccc4)ccc3n2)cc1. The van der Waals surface area contributed by atoms with Gasteiger partial charge in [0.2, 0.25) is 0 Å². The van der Waals surface area contributed by atoms with Gasteiger partial charge in [-0.1, -0.05) is 18.2 Å². The number of hydrogen-bond donors (Lipinski definition) is 0. The number of aromatic nitrogens is 2. The van der Waals surface area contributed by atoms with Crippen molar-refractivity contribution in [1.29, 1.82) is 0 Å². The van der Waals surface area contributed by atoms with E-state index >= 15 is 0 Å². The topological polar surface area (TPSA) is 17.3 Å². The summed E-state index contributed by atoms with van der Waals surface area (Å²) in [7, 11) is 0. The monoisotopic (exact) mass is 287 g/mol. The summed E-state index contributed by atoms with van der Waals surface area (Å²) in [6.07, 6.45) is 4.00. The molecular weight excluding hydrogens is 275 g/mol. The predicted molar refractivity (Wildman–Crippen MR) is 84.9 cm³/mol. The molecule has 0 spiro atoms. The summed E-state index contributed by atoms with van der Waals surface area (Å²) >= 11 is 0. The van der Waals surface area contributed by atoms with E-state index in [2.05, 4.69) is 17.1 Å². The van der Waals surface area contributed by atoms with Crippen molar-refractivity contribution in [2.24, 2.45) is 0 Å². The first-order valence-electron chi connectivity index (χ1n) is 7.01. The van der Waals surface area contributed by atoms with Crippen LogP contribution in [0, 0.1) is 11.9 Å². The lowest BCUT2D eigenvalue weighted by atomic mass is 10.1. The van der Waals surface area contributed by atoms with Crippen LogP contribution in [0.4, 0.5) is 4.39 Å². The third-order valence-corrected chi connectivity index (χ3v) is 3.63. The summed E-state index contributed by atoms with van der Waals surface area (Å²) in [6.45, 7) is 0. The van der Waals surface area contributed by atoms with Crippen molar-refractivity contribution >= 4 is 5.65 Å². The Balaban J connectivity index is 1.80. The minimum Gasteiger partial charge on any atom is -0.306 e. The van der Waals surface area contributed by atoms with Crippen molar-refractivity contribution in [1.82, 2.24) is 9.38 Å². The Morgan fingerprint density at radius 1 is 0.864 bits per heavy atom. The van der Waals surface area contributed by atoms with Crippen LogP contribution in [0.2, 0.25) is 0 Å². The lowest BCUT2D eigenvalue weighted by molar-refractivity contribution is 0.628. The van der Waals surface area contributed by atoms with Crippen LogP contribution in [0.25, 0.3) is 28.0 Å². The number of fused-ring (bicyclic) bond motifs is 1. The molecule has 0 aliphatic carbocycles. The van der Waals surface area contributed by atoms with E-state index in [1.165, 1.54) is 12.1 Å². The zero-order valence-electron chi connectivity index (χ0n) is 11.7. The molecule has 0 saturated carbocycles. The van der Waals surface area contributed by atoms with Gasteiger partial charge < -0.3 is 4.40 Å². The summed E-state index contributed by atoms with van der Waals surface area (Å²) < 4.78 is 15.0. The largest absolute Gasteiger partial charge is 0.306 e. The second-order valence-electron chi connectivity index (χ2n) is 5.11. The van der Waals surface area contributed by atoms with E-state index in [0.717, 1.165) is 28.0 Å². The van der Waals surface area contributed by atoms with Crippen LogP contribution in [0.5, 0.6) is 0 Å². The van der Waals surface area contributed by atoms with Crippen molar-refractivity contribution in [2.45, 2.75) is 0 Å². The van der Waals surface area contributed by atoms with Crippen LogP contribution in [-0.2, 0) is 0 Å². The van der Waals surface area contributed by atoms with E-state index in [4.69, 9.17) is 0 Å². The van der Waals surface area contributed by atoms with E-state index in [0.29, 0.717) is 0 Å². The zero-order valence-corrected chi connectivity index (χ0v) is 11.7. The molecule has 1 radical (unpaired) electrons. The molecule has 0 unspecified atom stereocenters. The van der Waals surface area contributed by atoms with E-state index < -0.39 is 0 Å². The first kappa shape index (κ1) is 12.8. The number of nitrogens with zero attached hydrogens (tertiary/aromatic N) is 2. The minimum absolute atomic E-state index is 0.241. The van der Waals surface area contributed by atoms with Crippen LogP contribution >= 0.6 is 0 Å². The average molecular weight is 287 g/mol. The van der Waals surface area contributed by atoms with Crippen LogP contribution in [0.3, 0.4) is 0 Å². The highest BCUT2D eigenvalue weighted by molar-refractivity contribution is 5.67. The Labute approximate surface area is 127 Å². The number of pyridine rings is 1. The second kappa shape index (κ2) is 5.11. The van der Waals surface area contributed by atoms with Crippen LogP contribution in [-0.4, -0.2) is 9.38 Å². The van der Waals surface area contributed by atoms with Gasteiger partial charge in [-0.15, -0.1) is 0 Å². The van der Waals surface area contributed by atoms with Crippen molar-refractivity contribution in [3.63, 3.8) is 0 Å². The minimum atomic E-state index is -0.241. The predicted octanol–water partition coefficient (Wildman–Crippen LogP) is 4.61. The molecule has 105 valence electrons. The van der Waals surface area contributed by atoms with Gasteiger partial charge in [0.1, 0.15) is 11.5 Å². The van der Waals surface area contributed by atoms with Crippen molar-refractivity contribution in [2.75, 3.05) is 0 Å². The maximum Gasteiger partial charge on any atom is 0.137 e. The third kappa shape index (κ3) is 2.27. The fourth-order valence-electron chi connectivity index (χ4n) is 2.50. The molecule has 0 fully saturated rings. The summed E-state index contributed by atoms with van der Waals surface area (Å²) in [5.41, 5.74) is 4.81. The smallest absolute Gasteiger partial charge is 0.137 e. The maximum absolute atomic E-state index is 13.0. The fraction of sp³-hybridized carbons (Fsp3) is 0. The van der Waals surface area contributed by atoms with Crippen LogP contribution in [0.1, 0.15) is 0 Å². The van der Waals surface area contributed by atoms with Gasteiger partial charge in [0.05, 0.1) is 5.69 Å². The zero-order chi connectivity index (χ0) is 14.9. The molecule has 3 heteroatoms. The molecule has 0 saturated heterocycles.